The molecule has 5 aromatic carbocycles. The third kappa shape index (κ3) is 3.42. The summed E-state index contributed by atoms with van der Waals surface area (Å²) in [4.78, 5) is 13.1. The molecule has 33 heavy (non-hydrogen) atoms. The summed E-state index contributed by atoms with van der Waals surface area (Å²) in [6, 6.07) is 26.3. The van der Waals surface area contributed by atoms with Crippen LogP contribution in [0.15, 0.2) is 84.9 Å². The molecular weight excluding hydrogens is 426 g/mol. The number of nitrogens with zero attached hydrogens (tertiary/aromatic N) is 3. The topological polar surface area (TPSA) is 38.7 Å². The van der Waals surface area contributed by atoms with Crippen LogP contribution in [0.1, 0.15) is 19.4 Å². The van der Waals surface area contributed by atoms with Gasteiger partial charge >= 0.3 is 0 Å². The fourth-order valence-electron chi connectivity index (χ4n) is 4.41. The summed E-state index contributed by atoms with van der Waals surface area (Å²) in [6.07, 6.45) is 0. The van der Waals surface area contributed by atoms with E-state index in [1.54, 1.807) is 0 Å². The second-order valence-electron chi connectivity index (χ2n) is 7.90. The maximum Gasteiger partial charge on any atom is 0.226 e. The first kappa shape index (κ1) is 14.4. The van der Waals surface area contributed by atoms with Crippen LogP contribution in [0.25, 0.3) is 55.1 Å². The monoisotopic (exact) mass is 451 g/mol. The minimum Gasteiger partial charge on any atom is -0.208 e. The second-order valence-corrected chi connectivity index (χ2v) is 8.24. The highest BCUT2D eigenvalue weighted by atomic mass is 35.5. The van der Waals surface area contributed by atoms with E-state index in [0.717, 1.165) is 32.3 Å². The summed E-state index contributed by atoms with van der Waals surface area (Å²) >= 11 is 6.32. The van der Waals surface area contributed by atoms with Crippen molar-refractivity contribution >= 4 is 43.9 Å². The molecule has 0 aliphatic rings. The zero-order chi connectivity index (χ0) is 27.5. The van der Waals surface area contributed by atoms with Gasteiger partial charge < -0.3 is 0 Å². The van der Waals surface area contributed by atoms with Crippen molar-refractivity contribution in [1.82, 2.24) is 15.0 Å². The van der Waals surface area contributed by atoms with Gasteiger partial charge in [-0.25, -0.2) is 4.98 Å². The van der Waals surface area contributed by atoms with Crippen LogP contribution < -0.4 is 0 Å². The molecule has 1 heterocycles. The maximum atomic E-state index is 7.82. The van der Waals surface area contributed by atoms with Gasteiger partial charge in [-0.15, -0.1) is 0 Å². The van der Waals surface area contributed by atoms with E-state index in [-0.39, 0.29) is 27.8 Å². The largest absolute Gasteiger partial charge is 0.226 e. The zero-order valence-electron chi connectivity index (χ0n) is 23.3. The molecule has 0 aliphatic heterocycles. The average Bonchev–Trinajstić information content (AvgIpc) is 2.91. The Balaban J connectivity index is 1.57. The Morgan fingerprint density at radius 2 is 1.06 bits per heavy atom. The zero-order valence-corrected chi connectivity index (χ0v) is 18.1. The summed E-state index contributed by atoms with van der Waals surface area (Å²) in [7, 11) is 0. The van der Waals surface area contributed by atoms with E-state index in [1.807, 2.05) is 42.5 Å². The lowest BCUT2D eigenvalue weighted by atomic mass is 9.93. The Bertz CT molecular complexity index is 1850. The predicted molar refractivity (Wildman–Crippen MR) is 138 cm³/mol. The summed E-state index contributed by atoms with van der Waals surface area (Å²) in [6.45, 7) is -5.03. The summed E-state index contributed by atoms with van der Waals surface area (Å²) in [5.41, 5.74) is 0.690. The number of hydrogen-bond donors (Lipinski definition) is 0. The molecule has 0 N–H and O–H groups in total. The van der Waals surface area contributed by atoms with Crippen LogP contribution in [-0.2, 0) is 0 Å². The molecule has 0 amide bonds. The van der Waals surface area contributed by atoms with Gasteiger partial charge in [0.1, 0.15) is 0 Å². The first-order valence-electron chi connectivity index (χ1n) is 13.4. The van der Waals surface area contributed by atoms with E-state index in [9.17, 15) is 0 Å². The van der Waals surface area contributed by atoms with Gasteiger partial charge in [0.25, 0.3) is 0 Å². The SMILES string of the molecule is [2H]C([2H])([2H])c1cc(-c2nc(Cl)nc(-c3ccc4c5ccccc5c5ccccc5c4c3)n2)cc(C([2H])([2H])[2H])c1. The van der Waals surface area contributed by atoms with Gasteiger partial charge in [0.15, 0.2) is 11.6 Å². The molecule has 0 saturated heterocycles. The molecule has 1 aromatic heterocycles. The lowest BCUT2D eigenvalue weighted by molar-refractivity contribution is 1.06. The molecule has 0 fully saturated rings. The van der Waals surface area contributed by atoms with Crippen LogP contribution >= 0.6 is 11.6 Å². The van der Waals surface area contributed by atoms with Crippen molar-refractivity contribution in [3.8, 4) is 22.8 Å². The number of halogens is 1. The van der Waals surface area contributed by atoms with Crippen molar-refractivity contribution in [3.05, 3.63) is 101 Å². The fraction of sp³-hybridized carbons (Fsp3) is 0.0690. The Morgan fingerprint density at radius 1 is 0.545 bits per heavy atom. The maximum absolute atomic E-state index is 7.82. The first-order valence-corrected chi connectivity index (χ1v) is 10.8. The minimum atomic E-state index is -2.52. The average molecular weight is 452 g/mol. The number of benzene rings is 5. The molecule has 0 atom stereocenters. The van der Waals surface area contributed by atoms with Crippen molar-refractivity contribution in [2.45, 2.75) is 13.7 Å². The predicted octanol–water partition coefficient (Wildman–Crippen LogP) is 7.94. The van der Waals surface area contributed by atoms with Crippen molar-refractivity contribution in [1.29, 1.82) is 0 Å². The summed E-state index contributed by atoms with van der Waals surface area (Å²) in [5, 5.41) is 6.53. The number of aromatic nitrogens is 3. The van der Waals surface area contributed by atoms with Gasteiger partial charge in [0, 0.05) is 19.4 Å². The van der Waals surface area contributed by atoms with Crippen LogP contribution in [-0.4, -0.2) is 15.0 Å². The van der Waals surface area contributed by atoms with E-state index < -0.39 is 13.7 Å². The van der Waals surface area contributed by atoms with Crippen molar-refractivity contribution in [2.24, 2.45) is 0 Å². The Morgan fingerprint density at radius 3 is 1.64 bits per heavy atom. The molecule has 0 bridgehead atoms. The van der Waals surface area contributed by atoms with Gasteiger partial charge in [0.2, 0.25) is 5.28 Å². The number of aryl methyl sites for hydroxylation is 2. The summed E-state index contributed by atoms with van der Waals surface area (Å²) in [5.74, 6) is 0.379. The van der Waals surface area contributed by atoms with Gasteiger partial charge in [0.05, 0.1) is 0 Å². The van der Waals surface area contributed by atoms with E-state index in [1.165, 1.54) is 18.2 Å². The molecule has 0 radical (unpaired) electrons. The fourth-order valence-corrected chi connectivity index (χ4v) is 4.57. The number of fused-ring (bicyclic) bond motifs is 6. The Kier molecular flexibility index (Phi) is 3.33. The number of hydrogen-bond acceptors (Lipinski definition) is 3. The van der Waals surface area contributed by atoms with Crippen LogP contribution in [0.4, 0.5) is 0 Å². The first-order chi connectivity index (χ1) is 18.5. The van der Waals surface area contributed by atoms with Crippen LogP contribution in [0, 0.1) is 13.7 Å². The van der Waals surface area contributed by atoms with Gasteiger partial charge in [-0.05, 0) is 75.8 Å². The van der Waals surface area contributed by atoms with Gasteiger partial charge in [-0.1, -0.05) is 77.9 Å². The smallest absolute Gasteiger partial charge is 0.208 e. The normalized spacial score (nSPS) is 14.9. The van der Waals surface area contributed by atoms with Crippen molar-refractivity contribution in [3.63, 3.8) is 0 Å². The third-order valence-electron chi connectivity index (χ3n) is 5.80. The second kappa shape index (κ2) is 7.65. The Labute approximate surface area is 205 Å². The standard InChI is InChI=1S/C29H20ClN3/c1-17-13-18(2)15-20(14-17)28-31-27(32-29(30)33-28)19-11-12-25-23-9-4-3-7-21(23)22-8-5-6-10-24(22)26(25)16-19/h3-16H,1-2H3/i1D3,2D3. The lowest BCUT2D eigenvalue weighted by Gasteiger charge is -2.12. The third-order valence-corrected chi connectivity index (χ3v) is 5.97. The Hall–Kier alpha value is -3.82. The molecule has 0 aliphatic carbocycles. The van der Waals surface area contributed by atoms with E-state index in [2.05, 4.69) is 39.2 Å². The molecule has 4 heteroatoms. The highest BCUT2D eigenvalue weighted by Crippen LogP contribution is 2.36. The van der Waals surface area contributed by atoms with Gasteiger partial charge in [-0.3, -0.25) is 0 Å². The van der Waals surface area contributed by atoms with Crippen molar-refractivity contribution in [2.75, 3.05) is 0 Å². The highest BCUT2D eigenvalue weighted by molar-refractivity contribution is 6.28. The molecular formula is C29H20ClN3. The highest BCUT2D eigenvalue weighted by Gasteiger charge is 2.13. The molecule has 6 aromatic rings. The molecule has 158 valence electrons. The van der Waals surface area contributed by atoms with Crippen LogP contribution in [0.5, 0.6) is 0 Å². The quantitative estimate of drug-likeness (QED) is 0.251. The van der Waals surface area contributed by atoms with Crippen molar-refractivity contribution < 1.29 is 8.22 Å². The minimum absolute atomic E-state index is 0.0880. The van der Waals surface area contributed by atoms with Crippen LogP contribution in [0.3, 0.4) is 0 Å². The number of rotatable bonds is 2. The lowest BCUT2D eigenvalue weighted by Crippen LogP contribution is -1.98. The molecule has 0 saturated carbocycles. The van der Waals surface area contributed by atoms with E-state index >= 15 is 0 Å². The molecule has 0 spiro atoms. The van der Waals surface area contributed by atoms with E-state index in [4.69, 9.17) is 19.8 Å². The molecule has 3 nitrogen and oxygen atoms in total. The molecule has 6 rings (SSSR count). The van der Waals surface area contributed by atoms with Gasteiger partial charge in [-0.2, -0.15) is 9.97 Å². The molecule has 0 unspecified atom stereocenters. The summed E-state index contributed by atoms with van der Waals surface area (Å²) < 4.78 is 46.9. The van der Waals surface area contributed by atoms with Crippen LogP contribution in [0.2, 0.25) is 5.28 Å². The van der Waals surface area contributed by atoms with E-state index in [0.29, 0.717) is 11.4 Å².